The molecule has 0 aliphatic carbocycles. The third-order valence-corrected chi connectivity index (χ3v) is 3.80. The molecule has 1 aliphatic rings. The van der Waals surface area contributed by atoms with Crippen molar-refractivity contribution in [3.63, 3.8) is 0 Å². The average Bonchev–Trinajstić information content (AvgIpc) is 3.06. The third kappa shape index (κ3) is 1.92. The number of aromatic nitrogens is 4. The summed E-state index contributed by atoms with van der Waals surface area (Å²) in [6.45, 7) is 1.20. The van der Waals surface area contributed by atoms with Crippen LogP contribution >= 0.6 is 0 Å². The Bertz CT molecular complexity index is 900. The first kappa shape index (κ1) is 12.8. The van der Waals surface area contributed by atoms with Crippen LogP contribution in [0.1, 0.15) is 12.8 Å². The minimum absolute atomic E-state index is 0.0395. The van der Waals surface area contributed by atoms with Crippen molar-refractivity contribution in [2.24, 2.45) is 10.2 Å². The summed E-state index contributed by atoms with van der Waals surface area (Å²) in [4.78, 5) is 19.5. The van der Waals surface area contributed by atoms with E-state index in [-0.39, 0.29) is 17.1 Å². The van der Waals surface area contributed by atoms with E-state index in [1.54, 1.807) is 4.68 Å². The van der Waals surface area contributed by atoms with Crippen molar-refractivity contribution in [1.82, 2.24) is 19.3 Å². The van der Waals surface area contributed by atoms with Crippen LogP contribution in [-0.4, -0.2) is 24.4 Å². The first-order chi connectivity index (χ1) is 10.7. The van der Waals surface area contributed by atoms with E-state index in [0.717, 1.165) is 23.9 Å². The van der Waals surface area contributed by atoms with Gasteiger partial charge in [-0.1, -0.05) is 12.1 Å². The monoisotopic (exact) mass is 298 g/mol. The molecule has 1 aliphatic heterocycles. The number of rotatable bonds is 2. The number of fused-ring (bicyclic) bond motifs is 2. The van der Waals surface area contributed by atoms with Crippen molar-refractivity contribution < 1.29 is 5.11 Å². The van der Waals surface area contributed by atoms with Crippen molar-refractivity contribution in [2.45, 2.75) is 25.9 Å². The second kappa shape index (κ2) is 4.83. The minimum atomic E-state index is -0.322. The van der Waals surface area contributed by atoms with Crippen molar-refractivity contribution in [3.05, 3.63) is 34.6 Å². The zero-order valence-corrected chi connectivity index (χ0v) is 11.7. The van der Waals surface area contributed by atoms with Crippen LogP contribution in [0.4, 0.5) is 11.6 Å². The van der Waals surface area contributed by atoms with Crippen LogP contribution in [0.5, 0.6) is 5.88 Å². The Labute approximate surface area is 124 Å². The molecule has 112 valence electrons. The van der Waals surface area contributed by atoms with E-state index in [4.69, 9.17) is 0 Å². The molecule has 3 heterocycles. The number of para-hydroxylation sites is 2. The Balaban J connectivity index is 1.74. The summed E-state index contributed by atoms with van der Waals surface area (Å²) in [5, 5.41) is 18.0. The summed E-state index contributed by atoms with van der Waals surface area (Å²) in [6.07, 6.45) is 1.85. The second-order valence-electron chi connectivity index (χ2n) is 5.21. The molecule has 0 bridgehead atoms. The molecule has 0 spiro atoms. The standard InChI is InChI=1S/C14H14N6O2/c21-12-11(13(22)20-8-4-3-7-19(12)20)17-18-14-15-9-5-1-2-6-10(9)16-14/h1-2,5-6,21H,3-4,7-8H2,(H,15,16). The van der Waals surface area contributed by atoms with Crippen LogP contribution < -0.4 is 5.56 Å². The van der Waals surface area contributed by atoms with Gasteiger partial charge in [-0.2, -0.15) is 0 Å². The van der Waals surface area contributed by atoms with Crippen molar-refractivity contribution in [2.75, 3.05) is 0 Å². The van der Waals surface area contributed by atoms with E-state index in [2.05, 4.69) is 20.2 Å². The number of H-pyrrole nitrogens is 1. The molecule has 0 fully saturated rings. The first-order valence-corrected chi connectivity index (χ1v) is 7.13. The highest BCUT2D eigenvalue weighted by Gasteiger charge is 2.21. The molecule has 0 radical (unpaired) electrons. The first-order valence-electron chi connectivity index (χ1n) is 7.13. The summed E-state index contributed by atoms with van der Waals surface area (Å²) in [6, 6.07) is 7.50. The van der Waals surface area contributed by atoms with Crippen LogP contribution in [0.25, 0.3) is 11.0 Å². The SMILES string of the molecule is O=c1c(N=Nc2nc3ccccc3[nH]2)c(O)n2n1CCCC2. The molecule has 0 saturated heterocycles. The maximum Gasteiger partial charge on any atom is 0.298 e. The fraction of sp³-hybridized carbons (Fsp3) is 0.286. The van der Waals surface area contributed by atoms with Crippen LogP contribution in [0.15, 0.2) is 39.3 Å². The smallest absolute Gasteiger partial charge is 0.298 e. The molecule has 3 aromatic rings. The number of aromatic hydroxyl groups is 1. The fourth-order valence-corrected chi connectivity index (χ4v) is 2.71. The predicted molar refractivity (Wildman–Crippen MR) is 79.9 cm³/mol. The molecule has 0 unspecified atom stereocenters. The van der Waals surface area contributed by atoms with Gasteiger partial charge >= 0.3 is 0 Å². The van der Waals surface area contributed by atoms with E-state index >= 15 is 0 Å². The number of imidazole rings is 1. The Hall–Kier alpha value is -2.90. The summed E-state index contributed by atoms with van der Waals surface area (Å²) in [7, 11) is 0. The number of benzene rings is 1. The molecule has 8 nitrogen and oxygen atoms in total. The summed E-state index contributed by atoms with van der Waals surface area (Å²) in [5.74, 6) is 0.165. The Kier molecular flexibility index (Phi) is 2.81. The van der Waals surface area contributed by atoms with Crippen molar-refractivity contribution in [1.29, 1.82) is 0 Å². The molecule has 1 aromatic carbocycles. The lowest BCUT2D eigenvalue weighted by Gasteiger charge is -2.16. The van der Waals surface area contributed by atoms with Crippen molar-refractivity contribution >= 4 is 22.7 Å². The van der Waals surface area contributed by atoms with Gasteiger partial charge < -0.3 is 10.1 Å². The maximum absolute atomic E-state index is 12.2. The third-order valence-electron chi connectivity index (χ3n) is 3.80. The van der Waals surface area contributed by atoms with Gasteiger partial charge in [-0.05, 0) is 25.0 Å². The van der Waals surface area contributed by atoms with Gasteiger partial charge in [0, 0.05) is 13.1 Å². The lowest BCUT2D eigenvalue weighted by Crippen LogP contribution is -2.26. The molecular weight excluding hydrogens is 284 g/mol. The Morgan fingerprint density at radius 3 is 2.68 bits per heavy atom. The highest BCUT2D eigenvalue weighted by molar-refractivity contribution is 5.76. The van der Waals surface area contributed by atoms with Gasteiger partial charge in [-0.25, -0.2) is 14.3 Å². The lowest BCUT2D eigenvalue weighted by atomic mass is 10.3. The van der Waals surface area contributed by atoms with Crippen LogP contribution in [0.3, 0.4) is 0 Å². The number of nitrogens with one attached hydrogen (secondary N) is 1. The molecular formula is C14H14N6O2. The highest BCUT2D eigenvalue weighted by atomic mass is 16.3. The van der Waals surface area contributed by atoms with Gasteiger partial charge in [0.25, 0.3) is 5.56 Å². The second-order valence-corrected chi connectivity index (χ2v) is 5.21. The van der Waals surface area contributed by atoms with Crippen LogP contribution in [0, 0.1) is 0 Å². The zero-order chi connectivity index (χ0) is 15.1. The van der Waals surface area contributed by atoms with E-state index in [1.165, 1.54) is 4.68 Å². The molecule has 0 atom stereocenters. The largest absolute Gasteiger partial charge is 0.492 e. The Morgan fingerprint density at radius 2 is 1.91 bits per heavy atom. The lowest BCUT2D eigenvalue weighted by molar-refractivity contribution is 0.305. The van der Waals surface area contributed by atoms with E-state index < -0.39 is 0 Å². The fourth-order valence-electron chi connectivity index (χ4n) is 2.71. The van der Waals surface area contributed by atoms with Gasteiger partial charge in [0.15, 0.2) is 0 Å². The van der Waals surface area contributed by atoms with Crippen LogP contribution in [0.2, 0.25) is 0 Å². The van der Waals surface area contributed by atoms with Gasteiger partial charge in [-0.15, -0.1) is 10.2 Å². The highest BCUT2D eigenvalue weighted by Crippen LogP contribution is 2.27. The van der Waals surface area contributed by atoms with Gasteiger partial charge in [-0.3, -0.25) is 4.79 Å². The zero-order valence-electron chi connectivity index (χ0n) is 11.7. The van der Waals surface area contributed by atoms with E-state index in [1.807, 2.05) is 24.3 Å². The minimum Gasteiger partial charge on any atom is -0.492 e. The summed E-state index contributed by atoms with van der Waals surface area (Å²) in [5.41, 5.74) is 1.25. The molecule has 4 rings (SSSR count). The Morgan fingerprint density at radius 1 is 1.14 bits per heavy atom. The molecule has 8 heteroatoms. The molecule has 22 heavy (non-hydrogen) atoms. The number of azo groups is 1. The topological polar surface area (TPSA) is 101 Å². The quantitative estimate of drug-likeness (QED) is 0.710. The summed E-state index contributed by atoms with van der Waals surface area (Å²) < 4.78 is 3.06. The average molecular weight is 298 g/mol. The number of nitrogens with zero attached hydrogens (tertiary/aromatic N) is 5. The van der Waals surface area contributed by atoms with Gasteiger partial charge in [0.2, 0.25) is 17.5 Å². The van der Waals surface area contributed by atoms with E-state index in [9.17, 15) is 9.90 Å². The number of hydrogen-bond donors (Lipinski definition) is 2. The molecule has 2 aromatic heterocycles. The summed E-state index contributed by atoms with van der Waals surface area (Å²) >= 11 is 0. The molecule has 0 saturated carbocycles. The van der Waals surface area contributed by atoms with Crippen molar-refractivity contribution in [3.8, 4) is 5.88 Å². The van der Waals surface area contributed by atoms with Gasteiger partial charge in [0.05, 0.1) is 11.0 Å². The molecule has 2 N–H and O–H groups in total. The molecule has 0 amide bonds. The number of hydrogen-bond acceptors (Lipinski definition) is 5. The van der Waals surface area contributed by atoms with Crippen LogP contribution in [-0.2, 0) is 13.1 Å². The predicted octanol–water partition coefficient (Wildman–Crippen LogP) is 2.44. The van der Waals surface area contributed by atoms with E-state index in [0.29, 0.717) is 19.0 Å². The van der Waals surface area contributed by atoms with Gasteiger partial charge in [0.1, 0.15) is 0 Å². The number of aromatic amines is 1. The maximum atomic E-state index is 12.2. The normalized spacial score (nSPS) is 14.7.